The normalized spacial score (nSPS) is 14.6. The fourth-order valence-electron chi connectivity index (χ4n) is 4.60. The molecule has 5 rings (SSSR count). The van der Waals surface area contributed by atoms with Crippen molar-refractivity contribution in [1.29, 1.82) is 0 Å². The third kappa shape index (κ3) is 4.55. The summed E-state index contributed by atoms with van der Waals surface area (Å²) in [6.07, 6.45) is 1.25. The van der Waals surface area contributed by atoms with Gasteiger partial charge in [0.05, 0.1) is 6.54 Å². The van der Waals surface area contributed by atoms with Gasteiger partial charge in [0.1, 0.15) is 12.4 Å². The van der Waals surface area contributed by atoms with Gasteiger partial charge in [-0.25, -0.2) is 9.59 Å². The molecule has 1 aliphatic heterocycles. The van der Waals surface area contributed by atoms with E-state index >= 15 is 0 Å². The second-order valence-electron chi connectivity index (χ2n) is 8.48. The summed E-state index contributed by atoms with van der Waals surface area (Å²) in [4.78, 5) is 37.5. The maximum atomic E-state index is 12.6. The Hall–Kier alpha value is -4.33. The highest BCUT2D eigenvalue weighted by Crippen LogP contribution is 2.44. The van der Waals surface area contributed by atoms with Crippen LogP contribution in [0.4, 0.5) is 4.79 Å². The van der Waals surface area contributed by atoms with Crippen LogP contribution in [-0.2, 0) is 16.1 Å². The van der Waals surface area contributed by atoms with E-state index in [0.29, 0.717) is 17.9 Å². The van der Waals surface area contributed by atoms with Gasteiger partial charge < -0.3 is 24.5 Å². The molecule has 0 spiro atoms. The third-order valence-electron chi connectivity index (χ3n) is 6.39. The number of rotatable bonds is 6. The van der Waals surface area contributed by atoms with Gasteiger partial charge in [0.25, 0.3) is 5.91 Å². The summed E-state index contributed by atoms with van der Waals surface area (Å²) in [6, 6.07) is 19.4. The van der Waals surface area contributed by atoms with Gasteiger partial charge in [0.2, 0.25) is 0 Å². The molecular weight excluding hydrogens is 448 g/mol. The Morgan fingerprint density at radius 1 is 1.00 bits per heavy atom. The topological polar surface area (TPSA) is 109 Å². The van der Waals surface area contributed by atoms with Gasteiger partial charge in [-0.2, -0.15) is 0 Å². The third-order valence-corrected chi connectivity index (χ3v) is 6.39. The predicted octanol–water partition coefficient (Wildman–Crippen LogP) is 4.18. The lowest BCUT2D eigenvalue weighted by Gasteiger charge is -2.24. The number of fused-ring (bicyclic) bond motifs is 3. The molecule has 178 valence electrons. The van der Waals surface area contributed by atoms with E-state index in [0.717, 1.165) is 22.3 Å². The zero-order chi connectivity index (χ0) is 24.4. The van der Waals surface area contributed by atoms with Gasteiger partial charge in [-0.15, -0.1) is 0 Å². The minimum absolute atomic E-state index is 0.0266. The van der Waals surface area contributed by atoms with E-state index in [1.54, 1.807) is 12.1 Å². The largest absolute Gasteiger partial charge is 0.478 e. The number of amides is 2. The van der Waals surface area contributed by atoms with Crippen LogP contribution in [0.5, 0.6) is 0 Å². The number of carboxylic acids is 1. The van der Waals surface area contributed by atoms with Crippen molar-refractivity contribution in [2.45, 2.75) is 18.9 Å². The van der Waals surface area contributed by atoms with E-state index < -0.39 is 12.1 Å². The van der Waals surface area contributed by atoms with Crippen LogP contribution < -0.4 is 5.32 Å². The van der Waals surface area contributed by atoms with Crippen LogP contribution in [-0.4, -0.2) is 47.7 Å². The average Bonchev–Trinajstić information content (AvgIpc) is 3.49. The van der Waals surface area contributed by atoms with Crippen LogP contribution >= 0.6 is 0 Å². The standard InChI is InChI=1S/C27H24N2O6/c30-25(29-13-11-17(12-14-29)26(31)32)24-10-9-18(35-24)15-28-27(33)34-16-23-21-7-3-1-5-19(21)20-6-2-4-8-22(20)23/h1-11,23H,12-16H2,(H,28,33)(H,31,32). The molecular formula is C27H24N2O6. The molecule has 2 aromatic carbocycles. The van der Waals surface area contributed by atoms with E-state index in [2.05, 4.69) is 29.6 Å². The van der Waals surface area contributed by atoms with Gasteiger partial charge in [-0.3, -0.25) is 4.79 Å². The molecule has 2 aliphatic rings. The molecule has 0 saturated heterocycles. The highest BCUT2D eigenvalue weighted by Gasteiger charge is 2.29. The van der Waals surface area contributed by atoms with Crippen molar-refractivity contribution in [3.63, 3.8) is 0 Å². The highest BCUT2D eigenvalue weighted by molar-refractivity contribution is 5.93. The van der Waals surface area contributed by atoms with Crippen molar-refractivity contribution in [3.05, 3.63) is 95.0 Å². The smallest absolute Gasteiger partial charge is 0.407 e. The summed E-state index contributed by atoms with van der Waals surface area (Å²) >= 11 is 0. The van der Waals surface area contributed by atoms with Crippen LogP contribution in [0.25, 0.3) is 11.1 Å². The van der Waals surface area contributed by atoms with Crippen molar-refractivity contribution < 1.29 is 28.6 Å². The fraction of sp³-hybridized carbons (Fsp3) is 0.222. The molecule has 0 saturated carbocycles. The Bertz CT molecular complexity index is 1280. The molecule has 2 N–H and O–H groups in total. The Morgan fingerprint density at radius 2 is 1.69 bits per heavy atom. The Kier molecular flexibility index (Phi) is 6.10. The lowest BCUT2D eigenvalue weighted by Crippen LogP contribution is -2.35. The van der Waals surface area contributed by atoms with Gasteiger partial charge in [-0.1, -0.05) is 54.6 Å². The van der Waals surface area contributed by atoms with Crippen LogP contribution in [0.3, 0.4) is 0 Å². The molecule has 0 fully saturated rings. The molecule has 2 amide bonds. The zero-order valence-corrected chi connectivity index (χ0v) is 18.9. The predicted molar refractivity (Wildman–Crippen MR) is 127 cm³/mol. The molecule has 8 heteroatoms. The summed E-state index contributed by atoms with van der Waals surface area (Å²) in [6.45, 7) is 0.815. The second-order valence-corrected chi connectivity index (χ2v) is 8.48. The quantitative estimate of drug-likeness (QED) is 0.557. The number of carbonyl (C=O) groups is 3. The summed E-state index contributed by atoms with van der Waals surface area (Å²) in [5, 5.41) is 11.7. The molecule has 0 atom stereocenters. The van der Waals surface area contributed by atoms with Gasteiger partial charge in [0.15, 0.2) is 5.76 Å². The molecule has 0 bridgehead atoms. The van der Waals surface area contributed by atoms with Crippen LogP contribution in [0.1, 0.15) is 39.8 Å². The fourth-order valence-corrected chi connectivity index (χ4v) is 4.60. The molecule has 0 unspecified atom stereocenters. The van der Waals surface area contributed by atoms with Crippen molar-refractivity contribution in [3.8, 4) is 11.1 Å². The second kappa shape index (κ2) is 9.50. The number of hydrogen-bond donors (Lipinski definition) is 2. The first-order valence-electron chi connectivity index (χ1n) is 11.4. The summed E-state index contributed by atoms with van der Waals surface area (Å²) < 4.78 is 11.1. The highest BCUT2D eigenvalue weighted by atomic mass is 16.5. The number of furan rings is 1. The number of nitrogens with one attached hydrogen (secondary N) is 1. The maximum Gasteiger partial charge on any atom is 0.407 e. The molecule has 3 aromatic rings. The van der Waals surface area contributed by atoms with Crippen molar-refractivity contribution in [2.24, 2.45) is 0 Å². The Morgan fingerprint density at radius 3 is 2.31 bits per heavy atom. The van der Waals surface area contributed by atoms with E-state index in [9.17, 15) is 14.4 Å². The molecule has 2 heterocycles. The van der Waals surface area contributed by atoms with E-state index in [1.807, 2.05) is 24.3 Å². The first-order valence-corrected chi connectivity index (χ1v) is 11.4. The zero-order valence-electron chi connectivity index (χ0n) is 18.9. The maximum absolute atomic E-state index is 12.6. The van der Waals surface area contributed by atoms with Gasteiger partial charge in [0, 0.05) is 24.6 Å². The van der Waals surface area contributed by atoms with Crippen molar-refractivity contribution >= 4 is 18.0 Å². The minimum Gasteiger partial charge on any atom is -0.478 e. The number of carboxylic acid groups (broad SMARTS) is 1. The molecule has 1 aromatic heterocycles. The number of carbonyl (C=O) groups excluding carboxylic acids is 2. The molecule has 8 nitrogen and oxygen atoms in total. The number of nitrogens with zero attached hydrogens (tertiary/aromatic N) is 1. The Labute approximate surface area is 201 Å². The van der Waals surface area contributed by atoms with Crippen molar-refractivity contribution in [2.75, 3.05) is 19.7 Å². The number of alkyl carbamates (subject to hydrolysis) is 1. The number of benzene rings is 2. The summed E-state index contributed by atoms with van der Waals surface area (Å²) in [7, 11) is 0. The van der Waals surface area contributed by atoms with Crippen LogP contribution in [0.15, 0.2) is 76.7 Å². The number of aliphatic carboxylic acids is 1. The Balaban J connectivity index is 1.15. The number of ether oxygens (including phenoxy) is 1. The van der Waals surface area contributed by atoms with Crippen molar-refractivity contribution in [1.82, 2.24) is 10.2 Å². The average molecular weight is 472 g/mol. The molecule has 0 radical (unpaired) electrons. The van der Waals surface area contributed by atoms with Gasteiger partial charge >= 0.3 is 12.1 Å². The van der Waals surface area contributed by atoms with E-state index in [4.69, 9.17) is 14.3 Å². The van der Waals surface area contributed by atoms with Crippen LogP contribution in [0, 0.1) is 0 Å². The summed E-state index contributed by atoms with van der Waals surface area (Å²) in [5.41, 5.74) is 4.90. The molecule has 35 heavy (non-hydrogen) atoms. The summed E-state index contributed by atoms with van der Waals surface area (Å²) in [5.74, 6) is -0.752. The lowest BCUT2D eigenvalue weighted by molar-refractivity contribution is -0.133. The van der Waals surface area contributed by atoms with E-state index in [-0.39, 0.29) is 43.7 Å². The lowest BCUT2D eigenvalue weighted by atomic mass is 9.98. The van der Waals surface area contributed by atoms with Crippen LogP contribution in [0.2, 0.25) is 0 Å². The minimum atomic E-state index is -0.961. The molecule has 1 aliphatic carbocycles. The number of hydrogen-bond acceptors (Lipinski definition) is 5. The first-order chi connectivity index (χ1) is 17.0. The monoisotopic (exact) mass is 472 g/mol. The van der Waals surface area contributed by atoms with Gasteiger partial charge in [-0.05, 0) is 40.8 Å². The SMILES string of the molecule is O=C(NCc1ccc(C(=O)N2CC=C(C(=O)O)CC2)o1)OCC1c2ccccc2-c2ccccc21. The first kappa shape index (κ1) is 22.5. The van der Waals surface area contributed by atoms with E-state index in [1.165, 1.54) is 11.0 Å².